The summed E-state index contributed by atoms with van der Waals surface area (Å²) in [6.07, 6.45) is 0.552. The largest absolute Gasteiger partial charge is 0.444 e. The molecule has 1 N–H and O–H groups in total. The number of nitrogens with zero attached hydrogens (tertiary/aromatic N) is 4. The first-order chi connectivity index (χ1) is 11.2. The number of hydrogen-bond acceptors (Lipinski definition) is 6. The maximum absolute atomic E-state index is 11.9. The van der Waals surface area contributed by atoms with Crippen molar-refractivity contribution in [3.8, 4) is 11.8 Å². The van der Waals surface area contributed by atoms with Crippen LogP contribution in [0, 0.1) is 21.4 Å². The first-order valence-corrected chi connectivity index (χ1v) is 6.94. The molecule has 0 fully saturated rings. The molecule has 0 aliphatic rings. The molecule has 0 aliphatic heterocycles. The van der Waals surface area contributed by atoms with Crippen molar-refractivity contribution >= 4 is 17.6 Å². The van der Waals surface area contributed by atoms with E-state index in [1.54, 1.807) is 20.8 Å². The molecule has 0 spiro atoms. The lowest BCUT2D eigenvalue weighted by Crippen LogP contribution is -2.28. The Hall–Kier alpha value is -3.41. The summed E-state index contributed by atoms with van der Waals surface area (Å²) in [7, 11) is 0. The number of nitrogens with one attached hydrogen (secondary N) is 1. The highest BCUT2D eigenvalue weighted by molar-refractivity contribution is 5.86. The number of ether oxygens (including phenoxy) is 1. The van der Waals surface area contributed by atoms with Gasteiger partial charge in [-0.15, -0.1) is 0 Å². The number of carbonyl (C=O) groups is 1. The Balaban J connectivity index is 2.35. The van der Waals surface area contributed by atoms with E-state index in [2.05, 4.69) is 10.4 Å². The van der Waals surface area contributed by atoms with Gasteiger partial charge < -0.3 is 4.74 Å². The van der Waals surface area contributed by atoms with E-state index in [0.29, 0.717) is 5.69 Å². The molecule has 24 heavy (non-hydrogen) atoms. The maximum atomic E-state index is 11.9. The summed E-state index contributed by atoms with van der Waals surface area (Å²) in [4.78, 5) is 22.1. The molecule has 0 atom stereocenters. The maximum Gasteiger partial charge on any atom is 0.413 e. The number of anilines is 1. The lowest BCUT2D eigenvalue weighted by Gasteiger charge is -2.20. The number of amides is 1. The van der Waals surface area contributed by atoms with Gasteiger partial charge in [-0.2, -0.15) is 10.4 Å². The molecule has 0 saturated carbocycles. The standard InChI is InChI=1S/C15H15N5O4/c1-15(2,3)24-14(21)18-13-10(8-16)9-17-19(13)11-4-6-12(7-5-11)20(22)23/h4-7,9H,1-3H3,(H,18,21). The van der Waals surface area contributed by atoms with Crippen LogP contribution in [0.15, 0.2) is 30.5 Å². The number of hydrogen-bond donors (Lipinski definition) is 1. The van der Waals surface area contributed by atoms with Crippen molar-refractivity contribution in [1.82, 2.24) is 9.78 Å². The van der Waals surface area contributed by atoms with Crippen molar-refractivity contribution in [2.75, 3.05) is 5.32 Å². The normalized spacial score (nSPS) is 10.8. The van der Waals surface area contributed by atoms with Gasteiger partial charge in [-0.1, -0.05) is 0 Å². The average Bonchev–Trinajstić information content (AvgIpc) is 2.88. The smallest absolute Gasteiger partial charge is 0.413 e. The highest BCUT2D eigenvalue weighted by Crippen LogP contribution is 2.22. The van der Waals surface area contributed by atoms with Gasteiger partial charge in [0.25, 0.3) is 5.69 Å². The van der Waals surface area contributed by atoms with Gasteiger partial charge in [-0.3, -0.25) is 15.4 Å². The Labute approximate surface area is 137 Å². The van der Waals surface area contributed by atoms with Crippen LogP contribution in [0.25, 0.3) is 5.69 Å². The molecule has 0 saturated heterocycles. The van der Waals surface area contributed by atoms with Gasteiger partial charge >= 0.3 is 6.09 Å². The molecule has 1 aromatic carbocycles. The lowest BCUT2D eigenvalue weighted by molar-refractivity contribution is -0.384. The van der Waals surface area contributed by atoms with Crippen LogP contribution in [0.5, 0.6) is 0 Å². The molecule has 1 amide bonds. The van der Waals surface area contributed by atoms with Crippen LogP contribution in [0.3, 0.4) is 0 Å². The third kappa shape index (κ3) is 3.86. The number of nitro groups is 1. The number of rotatable bonds is 3. The lowest BCUT2D eigenvalue weighted by atomic mass is 10.2. The molecule has 9 heteroatoms. The summed E-state index contributed by atoms with van der Waals surface area (Å²) in [5, 5.41) is 26.4. The third-order valence-electron chi connectivity index (χ3n) is 2.81. The second-order valence-electron chi connectivity index (χ2n) is 5.83. The van der Waals surface area contributed by atoms with E-state index in [0.717, 1.165) is 0 Å². The van der Waals surface area contributed by atoms with Gasteiger partial charge in [-0.25, -0.2) is 9.48 Å². The van der Waals surface area contributed by atoms with E-state index in [-0.39, 0.29) is 17.1 Å². The summed E-state index contributed by atoms with van der Waals surface area (Å²) < 4.78 is 6.46. The molecule has 2 aromatic rings. The molecule has 0 radical (unpaired) electrons. The monoisotopic (exact) mass is 329 g/mol. The SMILES string of the molecule is CC(C)(C)OC(=O)Nc1c(C#N)cnn1-c1ccc([N+](=O)[O-])cc1. The van der Waals surface area contributed by atoms with Gasteiger partial charge in [0.2, 0.25) is 0 Å². The van der Waals surface area contributed by atoms with Gasteiger partial charge in [0, 0.05) is 12.1 Å². The molecule has 2 rings (SSSR count). The van der Waals surface area contributed by atoms with E-state index in [1.807, 2.05) is 6.07 Å². The van der Waals surface area contributed by atoms with E-state index in [1.165, 1.54) is 35.1 Å². The molecule has 1 heterocycles. The summed E-state index contributed by atoms with van der Waals surface area (Å²) in [6.45, 7) is 5.14. The zero-order valence-electron chi connectivity index (χ0n) is 13.3. The van der Waals surface area contributed by atoms with Gasteiger partial charge in [0.1, 0.15) is 17.2 Å². The predicted molar refractivity (Wildman–Crippen MR) is 84.8 cm³/mol. The molecule has 0 unspecified atom stereocenters. The molecular weight excluding hydrogens is 314 g/mol. The molecule has 1 aromatic heterocycles. The number of aromatic nitrogens is 2. The Morgan fingerprint density at radius 1 is 1.38 bits per heavy atom. The molecule has 9 nitrogen and oxygen atoms in total. The fourth-order valence-electron chi connectivity index (χ4n) is 1.86. The van der Waals surface area contributed by atoms with Gasteiger partial charge in [-0.05, 0) is 32.9 Å². The zero-order chi connectivity index (χ0) is 17.9. The minimum Gasteiger partial charge on any atom is -0.444 e. The van der Waals surface area contributed by atoms with E-state index in [9.17, 15) is 14.9 Å². The quantitative estimate of drug-likeness (QED) is 0.682. The molecule has 124 valence electrons. The predicted octanol–water partition coefficient (Wildman–Crippen LogP) is 3.00. The number of nitro benzene ring substituents is 1. The Kier molecular flexibility index (Phi) is 4.50. The van der Waals surface area contributed by atoms with Crippen LogP contribution in [-0.2, 0) is 4.74 Å². The van der Waals surface area contributed by atoms with Gasteiger partial charge in [0.05, 0.1) is 16.8 Å². The van der Waals surface area contributed by atoms with Crippen molar-refractivity contribution in [3.63, 3.8) is 0 Å². The number of non-ortho nitro benzene ring substituents is 1. The van der Waals surface area contributed by atoms with Crippen LogP contribution >= 0.6 is 0 Å². The summed E-state index contributed by atoms with van der Waals surface area (Å²) >= 11 is 0. The first kappa shape index (κ1) is 17.0. The Morgan fingerprint density at radius 3 is 2.50 bits per heavy atom. The third-order valence-corrected chi connectivity index (χ3v) is 2.81. The van der Waals surface area contributed by atoms with Crippen molar-refractivity contribution in [1.29, 1.82) is 5.26 Å². The van der Waals surface area contributed by atoms with Crippen molar-refractivity contribution in [2.45, 2.75) is 26.4 Å². The fourth-order valence-corrected chi connectivity index (χ4v) is 1.86. The molecule has 0 bridgehead atoms. The summed E-state index contributed by atoms with van der Waals surface area (Å²) in [6, 6.07) is 7.46. The van der Waals surface area contributed by atoms with E-state index < -0.39 is 16.6 Å². The molecule has 0 aliphatic carbocycles. The zero-order valence-corrected chi connectivity index (χ0v) is 13.3. The number of carbonyl (C=O) groups excluding carboxylic acids is 1. The van der Waals surface area contributed by atoms with Crippen molar-refractivity contribution in [3.05, 3.63) is 46.1 Å². The van der Waals surface area contributed by atoms with Crippen LogP contribution in [0.2, 0.25) is 0 Å². The Morgan fingerprint density at radius 2 is 2.00 bits per heavy atom. The summed E-state index contributed by atoms with van der Waals surface area (Å²) in [5.41, 5.74) is -0.185. The van der Waals surface area contributed by atoms with Crippen LogP contribution in [0.1, 0.15) is 26.3 Å². The van der Waals surface area contributed by atoms with Crippen LogP contribution < -0.4 is 5.32 Å². The highest BCUT2D eigenvalue weighted by Gasteiger charge is 2.20. The highest BCUT2D eigenvalue weighted by atomic mass is 16.6. The minimum atomic E-state index is -0.734. The Bertz CT molecular complexity index is 812. The van der Waals surface area contributed by atoms with Crippen LogP contribution in [0.4, 0.5) is 16.3 Å². The second kappa shape index (κ2) is 6.37. The van der Waals surface area contributed by atoms with Gasteiger partial charge in [0.15, 0.2) is 5.82 Å². The summed E-state index contributed by atoms with van der Waals surface area (Å²) in [5.74, 6) is 0.126. The van der Waals surface area contributed by atoms with Crippen molar-refractivity contribution < 1.29 is 14.5 Å². The van der Waals surface area contributed by atoms with Crippen molar-refractivity contribution in [2.24, 2.45) is 0 Å². The number of benzene rings is 1. The molecular formula is C15H15N5O4. The first-order valence-electron chi connectivity index (χ1n) is 6.94. The fraction of sp³-hybridized carbons (Fsp3) is 0.267. The van der Waals surface area contributed by atoms with E-state index >= 15 is 0 Å². The minimum absolute atomic E-state index is 0.0759. The van der Waals surface area contributed by atoms with Crippen LogP contribution in [-0.4, -0.2) is 26.4 Å². The van der Waals surface area contributed by atoms with E-state index in [4.69, 9.17) is 10.00 Å². The number of nitriles is 1. The second-order valence-corrected chi connectivity index (χ2v) is 5.83. The topological polar surface area (TPSA) is 123 Å². The average molecular weight is 329 g/mol.